The van der Waals surface area contributed by atoms with E-state index in [2.05, 4.69) is 45.5 Å². The molecule has 0 unspecified atom stereocenters. The van der Waals surface area contributed by atoms with Gasteiger partial charge in [-0.05, 0) is 49.3 Å². The van der Waals surface area contributed by atoms with Crippen LogP contribution in [0.2, 0.25) is 0 Å². The van der Waals surface area contributed by atoms with Crippen molar-refractivity contribution in [2.24, 2.45) is 0 Å². The first kappa shape index (κ1) is 14.6. The van der Waals surface area contributed by atoms with E-state index in [1.165, 1.54) is 37.7 Å². The Balaban J connectivity index is 1.43. The predicted octanol–water partition coefficient (Wildman–Crippen LogP) is 3.98. The van der Waals surface area contributed by atoms with Crippen LogP contribution in [-0.2, 0) is 0 Å². The zero-order chi connectivity index (χ0) is 14.0. The zero-order valence-electron chi connectivity index (χ0n) is 11.9. The summed E-state index contributed by atoms with van der Waals surface area (Å²) in [5, 5.41) is 14.1. The number of benzene rings is 1. The molecule has 0 aromatic heterocycles. The van der Waals surface area contributed by atoms with Gasteiger partial charge < -0.3 is 10.4 Å². The van der Waals surface area contributed by atoms with E-state index in [0.29, 0.717) is 12.0 Å². The van der Waals surface area contributed by atoms with Gasteiger partial charge in [-0.2, -0.15) is 0 Å². The van der Waals surface area contributed by atoms with Crippen LogP contribution in [0, 0.1) is 0 Å². The quantitative estimate of drug-likeness (QED) is 0.870. The third-order valence-electron chi connectivity index (χ3n) is 4.98. The Bertz CT molecular complexity index is 433. The molecule has 0 aliphatic heterocycles. The molecule has 110 valence electrons. The van der Waals surface area contributed by atoms with Gasteiger partial charge in [0.15, 0.2) is 0 Å². The molecular formula is C17H24BrNO. The molecule has 0 heterocycles. The van der Waals surface area contributed by atoms with Crippen molar-refractivity contribution >= 4 is 15.9 Å². The van der Waals surface area contributed by atoms with E-state index in [1.54, 1.807) is 0 Å². The molecule has 0 saturated heterocycles. The van der Waals surface area contributed by atoms with E-state index < -0.39 is 5.60 Å². The monoisotopic (exact) mass is 337 g/mol. The highest BCUT2D eigenvalue weighted by atomic mass is 79.9. The van der Waals surface area contributed by atoms with E-state index in [0.717, 1.165) is 23.9 Å². The Labute approximate surface area is 130 Å². The lowest BCUT2D eigenvalue weighted by Crippen LogP contribution is -2.49. The van der Waals surface area contributed by atoms with Gasteiger partial charge in [-0.15, -0.1) is 0 Å². The van der Waals surface area contributed by atoms with E-state index in [1.807, 2.05) is 0 Å². The Morgan fingerprint density at radius 2 is 1.75 bits per heavy atom. The van der Waals surface area contributed by atoms with Crippen LogP contribution in [-0.4, -0.2) is 23.3 Å². The lowest BCUT2D eigenvalue weighted by molar-refractivity contribution is -0.000286. The molecule has 2 saturated carbocycles. The fourth-order valence-corrected chi connectivity index (χ4v) is 3.78. The van der Waals surface area contributed by atoms with Gasteiger partial charge in [0, 0.05) is 17.1 Å². The van der Waals surface area contributed by atoms with Crippen molar-refractivity contribution < 1.29 is 5.11 Å². The second-order valence-electron chi connectivity index (χ2n) is 6.58. The van der Waals surface area contributed by atoms with Crippen LogP contribution in [0.1, 0.15) is 56.4 Å². The number of rotatable bonds is 4. The molecule has 2 aliphatic carbocycles. The maximum absolute atomic E-state index is 10.5. The second kappa shape index (κ2) is 6.17. The standard InChI is InChI=1S/C17H24BrNO/c18-15-6-4-13(5-7-15)14-10-16(11-14)19-12-17(20)8-2-1-3-9-17/h4-7,14,16,19-20H,1-3,8-12H2. The minimum absolute atomic E-state index is 0.430. The Morgan fingerprint density at radius 1 is 1.10 bits per heavy atom. The summed E-state index contributed by atoms with van der Waals surface area (Å²) in [6.45, 7) is 0.782. The molecule has 2 fully saturated rings. The summed E-state index contributed by atoms with van der Waals surface area (Å²) in [4.78, 5) is 0. The summed E-state index contributed by atoms with van der Waals surface area (Å²) >= 11 is 3.48. The summed E-state index contributed by atoms with van der Waals surface area (Å²) in [5.41, 5.74) is 1.02. The van der Waals surface area contributed by atoms with Crippen molar-refractivity contribution in [2.75, 3.05) is 6.54 Å². The molecule has 0 radical (unpaired) electrons. The molecule has 1 aromatic rings. The van der Waals surface area contributed by atoms with E-state index >= 15 is 0 Å². The fourth-order valence-electron chi connectivity index (χ4n) is 3.51. The highest BCUT2D eigenvalue weighted by Gasteiger charge is 2.34. The maximum Gasteiger partial charge on any atom is 0.0771 e. The van der Waals surface area contributed by atoms with Crippen molar-refractivity contribution in [3.63, 3.8) is 0 Å². The molecule has 1 aromatic carbocycles. The van der Waals surface area contributed by atoms with Crippen LogP contribution in [0.25, 0.3) is 0 Å². The molecule has 3 rings (SSSR count). The van der Waals surface area contributed by atoms with Crippen molar-refractivity contribution in [2.45, 2.75) is 62.5 Å². The van der Waals surface area contributed by atoms with Gasteiger partial charge in [-0.3, -0.25) is 0 Å². The topological polar surface area (TPSA) is 32.3 Å². The molecular weight excluding hydrogens is 314 g/mol. The van der Waals surface area contributed by atoms with Crippen LogP contribution < -0.4 is 5.32 Å². The molecule has 2 N–H and O–H groups in total. The smallest absolute Gasteiger partial charge is 0.0771 e. The van der Waals surface area contributed by atoms with Crippen molar-refractivity contribution in [1.29, 1.82) is 0 Å². The fraction of sp³-hybridized carbons (Fsp3) is 0.647. The SMILES string of the molecule is OC1(CNC2CC(c3ccc(Br)cc3)C2)CCCCC1. The van der Waals surface area contributed by atoms with Crippen LogP contribution in [0.5, 0.6) is 0 Å². The number of halogens is 1. The molecule has 3 heteroatoms. The lowest BCUT2D eigenvalue weighted by atomic mass is 9.75. The van der Waals surface area contributed by atoms with Crippen LogP contribution in [0.3, 0.4) is 0 Å². The summed E-state index contributed by atoms with van der Waals surface area (Å²) in [5.74, 6) is 0.696. The number of aliphatic hydroxyl groups is 1. The second-order valence-corrected chi connectivity index (χ2v) is 7.50. The third kappa shape index (κ3) is 3.44. The van der Waals surface area contributed by atoms with Gasteiger partial charge in [0.2, 0.25) is 0 Å². The highest BCUT2D eigenvalue weighted by molar-refractivity contribution is 9.10. The largest absolute Gasteiger partial charge is 0.389 e. The first-order valence-corrected chi connectivity index (χ1v) is 8.65. The van der Waals surface area contributed by atoms with Gasteiger partial charge in [0.1, 0.15) is 0 Å². The molecule has 2 nitrogen and oxygen atoms in total. The van der Waals surface area contributed by atoms with Crippen molar-refractivity contribution in [3.05, 3.63) is 34.3 Å². The first-order valence-electron chi connectivity index (χ1n) is 7.86. The average Bonchev–Trinajstić information content (AvgIpc) is 2.40. The zero-order valence-corrected chi connectivity index (χ0v) is 13.5. The van der Waals surface area contributed by atoms with E-state index in [4.69, 9.17) is 0 Å². The van der Waals surface area contributed by atoms with E-state index in [-0.39, 0.29) is 0 Å². The number of nitrogens with one attached hydrogen (secondary N) is 1. The summed E-state index contributed by atoms with van der Waals surface area (Å²) in [7, 11) is 0. The third-order valence-corrected chi connectivity index (χ3v) is 5.51. The molecule has 0 amide bonds. The van der Waals surface area contributed by atoms with Crippen molar-refractivity contribution in [1.82, 2.24) is 5.32 Å². The maximum atomic E-state index is 10.5. The first-order chi connectivity index (χ1) is 9.65. The van der Waals surface area contributed by atoms with Gasteiger partial charge in [0.05, 0.1) is 5.60 Å². The molecule has 0 spiro atoms. The van der Waals surface area contributed by atoms with Gasteiger partial charge >= 0.3 is 0 Å². The summed E-state index contributed by atoms with van der Waals surface area (Å²) in [6, 6.07) is 9.29. The van der Waals surface area contributed by atoms with E-state index in [9.17, 15) is 5.11 Å². The predicted molar refractivity (Wildman–Crippen MR) is 85.9 cm³/mol. The number of hydrogen-bond acceptors (Lipinski definition) is 2. The normalized spacial score (nSPS) is 28.9. The average molecular weight is 338 g/mol. The Kier molecular flexibility index (Phi) is 4.49. The Morgan fingerprint density at radius 3 is 2.40 bits per heavy atom. The van der Waals surface area contributed by atoms with Crippen LogP contribution in [0.4, 0.5) is 0 Å². The van der Waals surface area contributed by atoms with Gasteiger partial charge in [-0.25, -0.2) is 0 Å². The number of hydrogen-bond donors (Lipinski definition) is 2. The summed E-state index contributed by atoms with van der Waals surface area (Å²) in [6.07, 6.45) is 8.02. The Hall–Kier alpha value is -0.380. The van der Waals surface area contributed by atoms with Crippen LogP contribution in [0.15, 0.2) is 28.7 Å². The highest BCUT2D eigenvalue weighted by Crippen LogP contribution is 2.37. The molecule has 0 bridgehead atoms. The molecule has 0 atom stereocenters. The van der Waals surface area contributed by atoms with Crippen LogP contribution >= 0.6 is 15.9 Å². The summed E-state index contributed by atoms with van der Waals surface area (Å²) < 4.78 is 1.15. The minimum Gasteiger partial charge on any atom is -0.389 e. The van der Waals surface area contributed by atoms with Crippen molar-refractivity contribution in [3.8, 4) is 0 Å². The van der Waals surface area contributed by atoms with Gasteiger partial charge in [0.25, 0.3) is 0 Å². The molecule has 20 heavy (non-hydrogen) atoms. The molecule has 2 aliphatic rings. The minimum atomic E-state index is -0.430. The lowest BCUT2D eigenvalue weighted by Gasteiger charge is -2.40. The van der Waals surface area contributed by atoms with Gasteiger partial charge in [-0.1, -0.05) is 47.3 Å².